The van der Waals surface area contributed by atoms with Crippen molar-refractivity contribution in [2.75, 3.05) is 25.6 Å². The van der Waals surface area contributed by atoms with Crippen LogP contribution < -0.4 is 14.8 Å². The van der Waals surface area contributed by atoms with Gasteiger partial charge in [-0.1, -0.05) is 29.8 Å². The van der Waals surface area contributed by atoms with Gasteiger partial charge in [0.15, 0.2) is 11.5 Å². The van der Waals surface area contributed by atoms with Gasteiger partial charge in [0, 0.05) is 25.7 Å². The SMILES string of the molecule is CN(Cc1ccc2c(c1)OCCO2)C(=O)c1ccccc1NC(=O)c1ccc([N+](=O)[O-])cc1Cl. The van der Waals surface area contributed by atoms with Gasteiger partial charge in [-0.05, 0) is 35.9 Å². The minimum absolute atomic E-state index is 0.0548. The molecule has 1 aliphatic heterocycles. The van der Waals surface area contributed by atoms with Crippen LogP contribution in [-0.4, -0.2) is 41.9 Å². The zero-order valence-electron chi connectivity index (χ0n) is 18.1. The second kappa shape index (κ2) is 9.80. The first-order valence-electron chi connectivity index (χ1n) is 10.3. The van der Waals surface area contributed by atoms with Crippen LogP contribution in [0.25, 0.3) is 0 Å². The van der Waals surface area contributed by atoms with Crippen LogP contribution in [0, 0.1) is 10.1 Å². The number of nitrogens with zero attached hydrogens (tertiary/aromatic N) is 2. The molecule has 0 fully saturated rings. The van der Waals surface area contributed by atoms with E-state index in [1.54, 1.807) is 31.3 Å². The lowest BCUT2D eigenvalue weighted by atomic mass is 10.1. The molecule has 1 N–H and O–H groups in total. The Hall–Kier alpha value is -4.11. The van der Waals surface area contributed by atoms with Gasteiger partial charge < -0.3 is 19.7 Å². The summed E-state index contributed by atoms with van der Waals surface area (Å²) in [4.78, 5) is 37.8. The number of hydrogen-bond acceptors (Lipinski definition) is 6. The van der Waals surface area contributed by atoms with Crippen LogP contribution >= 0.6 is 11.6 Å². The predicted octanol–water partition coefficient (Wildman–Crippen LogP) is 4.54. The van der Waals surface area contributed by atoms with Gasteiger partial charge in [-0.15, -0.1) is 0 Å². The van der Waals surface area contributed by atoms with Crippen LogP contribution in [0.3, 0.4) is 0 Å². The van der Waals surface area contributed by atoms with Gasteiger partial charge in [-0.25, -0.2) is 0 Å². The molecule has 0 spiro atoms. The number of nitrogens with one attached hydrogen (secondary N) is 1. The first kappa shape index (κ1) is 23.1. The molecule has 34 heavy (non-hydrogen) atoms. The number of para-hydroxylation sites is 1. The summed E-state index contributed by atoms with van der Waals surface area (Å²) < 4.78 is 11.1. The maximum atomic E-state index is 13.2. The lowest BCUT2D eigenvalue weighted by Gasteiger charge is -2.22. The van der Waals surface area contributed by atoms with Crippen molar-refractivity contribution in [1.29, 1.82) is 0 Å². The van der Waals surface area contributed by atoms with E-state index >= 15 is 0 Å². The highest BCUT2D eigenvalue weighted by atomic mass is 35.5. The van der Waals surface area contributed by atoms with E-state index in [9.17, 15) is 19.7 Å². The highest BCUT2D eigenvalue weighted by molar-refractivity contribution is 6.34. The Morgan fingerprint density at radius 3 is 2.50 bits per heavy atom. The molecule has 0 saturated heterocycles. The van der Waals surface area contributed by atoms with Crippen LogP contribution in [0.5, 0.6) is 11.5 Å². The summed E-state index contributed by atoms with van der Waals surface area (Å²) in [5.74, 6) is 0.411. The first-order valence-corrected chi connectivity index (χ1v) is 10.7. The summed E-state index contributed by atoms with van der Waals surface area (Å²) in [7, 11) is 1.66. The number of nitro groups is 1. The Morgan fingerprint density at radius 1 is 1.03 bits per heavy atom. The van der Waals surface area contributed by atoms with E-state index in [0.29, 0.717) is 36.9 Å². The Balaban J connectivity index is 1.51. The molecule has 9 nitrogen and oxygen atoms in total. The number of benzene rings is 3. The number of hydrogen-bond donors (Lipinski definition) is 1. The van der Waals surface area contributed by atoms with Gasteiger partial charge in [0.2, 0.25) is 0 Å². The number of amides is 2. The standard InChI is InChI=1S/C24H20ClN3O6/c1-27(14-15-6-9-21-22(12-15)34-11-10-33-21)24(30)18-4-2-3-5-20(18)26-23(29)17-8-7-16(28(31)32)13-19(17)25/h2-9,12-13H,10-11,14H2,1H3,(H,26,29). The Bertz CT molecular complexity index is 1280. The number of non-ortho nitro benzene ring substituents is 1. The van der Waals surface area contributed by atoms with Crippen molar-refractivity contribution < 1.29 is 24.0 Å². The second-order valence-corrected chi connectivity index (χ2v) is 7.97. The summed E-state index contributed by atoms with van der Waals surface area (Å²) in [6, 6.07) is 15.7. The summed E-state index contributed by atoms with van der Waals surface area (Å²) in [6.07, 6.45) is 0. The molecule has 0 saturated carbocycles. The third kappa shape index (κ3) is 4.94. The normalized spacial score (nSPS) is 12.1. The average Bonchev–Trinajstić information content (AvgIpc) is 2.83. The maximum absolute atomic E-state index is 13.2. The van der Waals surface area contributed by atoms with E-state index < -0.39 is 10.8 Å². The van der Waals surface area contributed by atoms with Crippen LogP contribution in [0.15, 0.2) is 60.7 Å². The predicted molar refractivity (Wildman–Crippen MR) is 126 cm³/mol. The average molecular weight is 482 g/mol. The number of ether oxygens (including phenoxy) is 2. The fraction of sp³-hybridized carbons (Fsp3) is 0.167. The van der Waals surface area contributed by atoms with Gasteiger partial charge in [-0.2, -0.15) is 0 Å². The van der Waals surface area contributed by atoms with Crippen molar-refractivity contribution in [3.8, 4) is 11.5 Å². The zero-order chi connectivity index (χ0) is 24.2. The van der Waals surface area contributed by atoms with Crippen molar-refractivity contribution >= 4 is 34.8 Å². The highest BCUT2D eigenvalue weighted by Gasteiger charge is 2.21. The fourth-order valence-electron chi connectivity index (χ4n) is 3.51. The molecule has 2 amide bonds. The van der Waals surface area contributed by atoms with Gasteiger partial charge >= 0.3 is 0 Å². The largest absolute Gasteiger partial charge is 0.486 e. The highest BCUT2D eigenvalue weighted by Crippen LogP contribution is 2.31. The molecule has 10 heteroatoms. The molecule has 1 aliphatic rings. The minimum Gasteiger partial charge on any atom is -0.486 e. The number of nitro benzene ring substituents is 1. The number of carbonyl (C=O) groups excluding carboxylic acids is 2. The van der Waals surface area contributed by atoms with Crippen LogP contribution in [-0.2, 0) is 6.54 Å². The molecule has 3 aromatic carbocycles. The van der Waals surface area contributed by atoms with E-state index in [1.807, 2.05) is 18.2 Å². The Kier molecular flexibility index (Phi) is 6.65. The van der Waals surface area contributed by atoms with E-state index in [0.717, 1.165) is 11.6 Å². The molecule has 0 radical (unpaired) electrons. The molecule has 1 heterocycles. The first-order chi connectivity index (χ1) is 16.3. The smallest absolute Gasteiger partial charge is 0.270 e. The topological polar surface area (TPSA) is 111 Å². The third-order valence-electron chi connectivity index (χ3n) is 5.19. The molecular formula is C24H20ClN3O6. The number of anilines is 1. The van der Waals surface area contributed by atoms with Crippen LogP contribution in [0.4, 0.5) is 11.4 Å². The van der Waals surface area contributed by atoms with E-state index in [-0.39, 0.29) is 27.7 Å². The van der Waals surface area contributed by atoms with Gasteiger partial charge in [0.1, 0.15) is 13.2 Å². The lowest BCUT2D eigenvalue weighted by molar-refractivity contribution is -0.384. The van der Waals surface area contributed by atoms with E-state index in [2.05, 4.69) is 5.32 Å². The molecular weight excluding hydrogens is 462 g/mol. The second-order valence-electron chi connectivity index (χ2n) is 7.56. The summed E-state index contributed by atoms with van der Waals surface area (Å²) in [5.41, 5.74) is 1.27. The van der Waals surface area contributed by atoms with Crippen molar-refractivity contribution in [2.24, 2.45) is 0 Å². The number of rotatable bonds is 6. The van der Waals surface area contributed by atoms with Crippen molar-refractivity contribution in [1.82, 2.24) is 4.90 Å². The molecule has 174 valence electrons. The monoisotopic (exact) mass is 481 g/mol. The van der Waals surface area contributed by atoms with E-state index in [4.69, 9.17) is 21.1 Å². The van der Waals surface area contributed by atoms with Gasteiger partial charge in [-0.3, -0.25) is 19.7 Å². The summed E-state index contributed by atoms with van der Waals surface area (Å²) in [6.45, 7) is 1.28. The quantitative estimate of drug-likeness (QED) is 0.408. The molecule has 0 atom stereocenters. The van der Waals surface area contributed by atoms with Crippen LogP contribution in [0.2, 0.25) is 5.02 Å². The number of halogens is 1. The maximum Gasteiger partial charge on any atom is 0.270 e. The number of carbonyl (C=O) groups is 2. The fourth-order valence-corrected chi connectivity index (χ4v) is 3.77. The number of fused-ring (bicyclic) bond motifs is 1. The molecule has 0 bridgehead atoms. The van der Waals surface area contributed by atoms with Crippen molar-refractivity contribution in [3.63, 3.8) is 0 Å². The van der Waals surface area contributed by atoms with E-state index in [1.165, 1.54) is 17.0 Å². The molecule has 3 aromatic rings. The molecule has 0 unspecified atom stereocenters. The third-order valence-corrected chi connectivity index (χ3v) is 5.50. The summed E-state index contributed by atoms with van der Waals surface area (Å²) in [5, 5.41) is 13.5. The lowest BCUT2D eigenvalue weighted by Crippen LogP contribution is -2.27. The van der Waals surface area contributed by atoms with Gasteiger partial charge in [0.25, 0.3) is 17.5 Å². The Morgan fingerprint density at radius 2 is 1.76 bits per heavy atom. The van der Waals surface area contributed by atoms with Crippen molar-refractivity contribution in [2.45, 2.75) is 6.54 Å². The summed E-state index contributed by atoms with van der Waals surface area (Å²) >= 11 is 6.07. The van der Waals surface area contributed by atoms with Gasteiger partial charge in [0.05, 0.1) is 26.8 Å². The molecule has 0 aromatic heterocycles. The molecule has 4 rings (SSSR count). The van der Waals surface area contributed by atoms with Crippen LogP contribution in [0.1, 0.15) is 26.3 Å². The minimum atomic E-state index is -0.598. The van der Waals surface area contributed by atoms with Crippen molar-refractivity contribution in [3.05, 3.63) is 92.5 Å². The Labute approximate surface area is 200 Å². The molecule has 0 aliphatic carbocycles. The zero-order valence-corrected chi connectivity index (χ0v) is 18.9.